The molecule has 2 atom stereocenters. The first-order valence-corrected chi connectivity index (χ1v) is 10.7. The van der Waals surface area contributed by atoms with Gasteiger partial charge < -0.3 is 0 Å². The topological polar surface area (TPSA) is 34.1 Å². The number of halogens is 1. The molecular formula is C24H31ClO2. The summed E-state index contributed by atoms with van der Waals surface area (Å²) in [4.78, 5) is 24.8. The molecule has 2 aliphatic rings. The summed E-state index contributed by atoms with van der Waals surface area (Å²) in [6.07, 6.45) is 7.54. The third-order valence-electron chi connectivity index (χ3n) is 6.82. The Morgan fingerprint density at radius 1 is 1.19 bits per heavy atom. The maximum atomic E-state index is 12.7. The molecule has 0 N–H and O–H groups in total. The van der Waals surface area contributed by atoms with Gasteiger partial charge in [-0.2, -0.15) is 0 Å². The smallest absolute Gasteiger partial charge is 0.166 e. The van der Waals surface area contributed by atoms with E-state index in [0.717, 1.165) is 42.7 Å². The Hall–Kier alpha value is -1.41. The Morgan fingerprint density at radius 2 is 1.81 bits per heavy atom. The number of hydrogen-bond donors (Lipinski definition) is 0. The highest BCUT2D eigenvalue weighted by Gasteiger charge is 2.37. The van der Waals surface area contributed by atoms with Crippen LogP contribution >= 0.6 is 11.6 Å². The largest absolute Gasteiger partial charge is 0.294 e. The molecular weight excluding hydrogens is 356 g/mol. The monoisotopic (exact) mass is 386 g/mol. The third-order valence-corrected chi connectivity index (χ3v) is 7.31. The van der Waals surface area contributed by atoms with Gasteiger partial charge >= 0.3 is 0 Å². The molecule has 2 nitrogen and oxygen atoms in total. The van der Waals surface area contributed by atoms with Crippen molar-refractivity contribution < 1.29 is 9.59 Å². The van der Waals surface area contributed by atoms with Gasteiger partial charge in [0, 0.05) is 17.9 Å². The molecule has 146 valence electrons. The predicted octanol–water partition coefficient (Wildman–Crippen LogP) is 6.21. The molecule has 0 heterocycles. The minimum Gasteiger partial charge on any atom is -0.294 e. The van der Waals surface area contributed by atoms with Crippen molar-refractivity contribution in [1.29, 1.82) is 0 Å². The lowest BCUT2D eigenvalue weighted by molar-refractivity contribution is -0.122. The molecule has 0 radical (unpaired) electrons. The van der Waals surface area contributed by atoms with Crippen molar-refractivity contribution in [2.24, 2.45) is 5.41 Å². The summed E-state index contributed by atoms with van der Waals surface area (Å²) >= 11 is 6.85. The maximum Gasteiger partial charge on any atom is 0.166 e. The van der Waals surface area contributed by atoms with E-state index in [9.17, 15) is 9.59 Å². The summed E-state index contributed by atoms with van der Waals surface area (Å²) in [5.41, 5.74) is 7.18. The van der Waals surface area contributed by atoms with E-state index in [-0.39, 0.29) is 17.5 Å². The molecule has 0 spiro atoms. The average molecular weight is 387 g/mol. The van der Waals surface area contributed by atoms with Crippen molar-refractivity contribution in [2.45, 2.75) is 85.5 Å². The van der Waals surface area contributed by atoms with Crippen molar-refractivity contribution in [2.75, 3.05) is 0 Å². The summed E-state index contributed by atoms with van der Waals surface area (Å²) in [7, 11) is 0. The second-order valence-electron chi connectivity index (χ2n) is 8.80. The Balaban J connectivity index is 1.98. The number of Topliss-reactive ketones (excluding diaryl/α,β-unsaturated/α-hetero) is 2. The van der Waals surface area contributed by atoms with Gasteiger partial charge in [0.1, 0.15) is 0 Å². The number of rotatable bonds is 5. The van der Waals surface area contributed by atoms with Gasteiger partial charge in [-0.15, -0.1) is 0 Å². The lowest BCUT2D eigenvalue weighted by Crippen LogP contribution is -2.21. The van der Waals surface area contributed by atoms with E-state index in [4.69, 9.17) is 11.6 Å². The first-order valence-electron chi connectivity index (χ1n) is 10.3. The quantitative estimate of drug-likeness (QED) is 0.563. The van der Waals surface area contributed by atoms with Gasteiger partial charge in [0.25, 0.3) is 0 Å². The number of allylic oxidation sites excluding steroid dienone is 2. The standard InChI is InChI=1S/C24H31ClO2/c1-6-8-20(26)17-10-9-16(11-21(17)27)22-14(3)18-12-24(5,7-2)13-19(18)15(4)23(22)25/h10,16H,6-9,11-13H2,1-5H3. The van der Waals surface area contributed by atoms with Crippen LogP contribution in [0.15, 0.2) is 11.6 Å². The molecule has 0 saturated carbocycles. The van der Waals surface area contributed by atoms with Crippen LogP contribution in [-0.2, 0) is 22.4 Å². The number of carbonyl (C=O) groups excluding carboxylic acids is 2. The molecule has 0 amide bonds. The lowest BCUT2D eigenvalue weighted by atomic mass is 9.78. The van der Waals surface area contributed by atoms with E-state index >= 15 is 0 Å². The van der Waals surface area contributed by atoms with Crippen LogP contribution in [0, 0.1) is 19.3 Å². The van der Waals surface area contributed by atoms with Crippen LogP contribution in [-0.4, -0.2) is 11.6 Å². The SMILES string of the molecule is CCCC(=O)C1=CCC(c2c(C)c3c(c(C)c2Cl)CC(C)(CC)C3)CC1=O. The highest BCUT2D eigenvalue weighted by molar-refractivity contribution is 6.32. The zero-order valence-electron chi connectivity index (χ0n) is 17.3. The van der Waals surface area contributed by atoms with Crippen molar-refractivity contribution in [3.63, 3.8) is 0 Å². The van der Waals surface area contributed by atoms with E-state index in [2.05, 4.69) is 27.7 Å². The molecule has 2 aliphatic carbocycles. The molecule has 1 aromatic carbocycles. The third kappa shape index (κ3) is 3.53. The summed E-state index contributed by atoms with van der Waals surface area (Å²) in [5, 5.41) is 0.834. The van der Waals surface area contributed by atoms with Crippen LogP contribution in [0.2, 0.25) is 5.02 Å². The number of ketones is 2. The van der Waals surface area contributed by atoms with E-state index in [1.54, 1.807) is 0 Å². The van der Waals surface area contributed by atoms with Gasteiger partial charge in [0.05, 0.1) is 5.57 Å². The van der Waals surface area contributed by atoms with Crippen LogP contribution < -0.4 is 0 Å². The fourth-order valence-corrected chi connectivity index (χ4v) is 5.30. The molecule has 2 unspecified atom stereocenters. The van der Waals surface area contributed by atoms with Crippen molar-refractivity contribution in [3.8, 4) is 0 Å². The lowest BCUT2D eigenvalue weighted by Gasteiger charge is -2.26. The Morgan fingerprint density at radius 3 is 2.37 bits per heavy atom. The molecule has 0 saturated heterocycles. The average Bonchev–Trinajstić information content (AvgIpc) is 2.99. The number of benzene rings is 1. The van der Waals surface area contributed by atoms with Crippen LogP contribution in [0.4, 0.5) is 0 Å². The molecule has 0 bridgehead atoms. The predicted molar refractivity (Wildman–Crippen MR) is 112 cm³/mol. The summed E-state index contributed by atoms with van der Waals surface area (Å²) in [6, 6.07) is 0. The normalized spacial score (nSPS) is 24.7. The van der Waals surface area contributed by atoms with Crippen LogP contribution in [0.5, 0.6) is 0 Å². The molecule has 3 rings (SSSR count). The Bertz CT molecular complexity index is 834. The summed E-state index contributed by atoms with van der Waals surface area (Å²) in [6.45, 7) is 10.9. The van der Waals surface area contributed by atoms with Gasteiger partial charge in [-0.25, -0.2) is 0 Å². The molecule has 0 fully saturated rings. The minimum atomic E-state index is -0.0169. The fourth-order valence-electron chi connectivity index (χ4n) is 4.89. The number of hydrogen-bond acceptors (Lipinski definition) is 2. The molecule has 3 heteroatoms. The highest BCUT2D eigenvalue weighted by atomic mass is 35.5. The van der Waals surface area contributed by atoms with Crippen LogP contribution in [0.25, 0.3) is 0 Å². The van der Waals surface area contributed by atoms with E-state index < -0.39 is 0 Å². The first kappa shape index (κ1) is 20.3. The zero-order chi connectivity index (χ0) is 19.9. The van der Waals surface area contributed by atoms with Gasteiger partial charge in [-0.05, 0) is 78.7 Å². The maximum absolute atomic E-state index is 12.7. The van der Waals surface area contributed by atoms with Gasteiger partial charge in [-0.1, -0.05) is 44.9 Å². The second-order valence-corrected chi connectivity index (χ2v) is 9.18. The molecule has 0 aliphatic heterocycles. The van der Waals surface area contributed by atoms with Crippen LogP contribution in [0.3, 0.4) is 0 Å². The van der Waals surface area contributed by atoms with E-state index in [1.807, 2.05) is 13.0 Å². The van der Waals surface area contributed by atoms with Gasteiger partial charge in [0.15, 0.2) is 11.6 Å². The molecule has 0 aromatic heterocycles. The Kier molecular flexibility index (Phi) is 5.68. The minimum absolute atomic E-state index is 0.00684. The van der Waals surface area contributed by atoms with E-state index in [0.29, 0.717) is 23.8 Å². The molecule has 1 aromatic rings. The number of carbonyl (C=O) groups is 2. The van der Waals surface area contributed by atoms with E-state index in [1.165, 1.54) is 22.3 Å². The van der Waals surface area contributed by atoms with Gasteiger partial charge in [-0.3, -0.25) is 9.59 Å². The van der Waals surface area contributed by atoms with Crippen molar-refractivity contribution in [3.05, 3.63) is 44.5 Å². The Labute approximate surface area is 168 Å². The molecule has 27 heavy (non-hydrogen) atoms. The highest BCUT2D eigenvalue weighted by Crippen LogP contribution is 2.48. The summed E-state index contributed by atoms with van der Waals surface area (Å²) < 4.78 is 0. The summed E-state index contributed by atoms with van der Waals surface area (Å²) in [5.74, 6) is 0.0602. The fraction of sp³-hybridized carbons (Fsp3) is 0.583. The second kappa shape index (κ2) is 7.54. The van der Waals surface area contributed by atoms with Crippen molar-refractivity contribution in [1.82, 2.24) is 0 Å². The van der Waals surface area contributed by atoms with Crippen molar-refractivity contribution >= 4 is 23.2 Å². The number of fused-ring (bicyclic) bond motifs is 1. The zero-order valence-corrected chi connectivity index (χ0v) is 18.1. The first-order chi connectivity index (χ1) is 12.7. The van der Waals surface area contributed by atoms with Gasteiger partial charge in [0.2, 0.25) is 0 Å². The van der Waals surface area contributed by atoms with Crippen LogP contribution in [0.1, 0.15) is 86.6 Å².